The second-order valence-corrected chi connectivity index (χ2v) is 6.23. The Morgan fingerprint density at radius 1 is 1.42 bits per heavy atom. The SMILES string of the molecule is Cc1cc(NS(=O)(=O)c2ccc(N/N=C(\C#N)C(=N)N)cc2)no1. The number of nitriles is 1. The Bertz CT molecular complexity index is 923. The summed E-state index contributed by atoms with van der Waals surface area (Å²) in [5.74, 6) is 0.0830. The number of rotatable bonds is 6. The van der Waals surface area contributed by atoms with E-state index in [0.29, 0.717) is 11.4 Å². The molecule has 0 radical (unpaired) electrons. The van der Waals surface area contributed by atoms with Crippen LogP contribution in [0.5, 0.6) is 0 Å². The lowest BCUT2D eigenvalue weighted by Gasteiger charge is -2.06. The Morgan fingerprint density at radius 2 is 2.08 bits per heavy atom. The minimum Gasteiger partial charge on any atom is -0.382 e. The zero-order chi connectivity index (χ0) is 17.7. The number of hydrazone groups is 1. The molecule has 124 valence electrons. The summed E-state index contributed by atoms with van der Waals surface area (Å²) in [6.45, 7) is 1.64. The molecule has 0 atom stereocenters. The smallest absolute Gasteiger partial charge is 0.263 e. The number of sulfonamides is 1. The predicted octanol–water partition coefficient (Wildman–Crippen LogP) is 1.01. The van der Waals surface area contributed by atoms with E-state index in [2.05, 4.69) is 20.4 Å². The predicted molar refractivity (Wildman–Crippen MR) is 87.1 cm³/mol. The summed E-state index contributed by atoms with van der Waals surface area (Å²) in [5, 5.41) is 23.1. The van der Waals surface area contributed by atoms with Crippen LogP contribution >= 0.6 is 0 Å². The topological polar surface area (TPSA) is 170 Å². The molecular formula is C13H13N7O3S. The lowest BCUT2D eigenvalue weighted by Crippen LogP contribution is -2.21. The highest BCUT2D eigenvalue weighted by Crippen LogP contribution is 2.18. The number of nitrogens with zero attached hydrogens (tertiary/aromatic N) is 3. The number of nitrogens with one attached hydrogen (secondary N) is 3. The van der Waals surface area contributed by atoms with Crippen LogP contribution in [0, 0.1) is 23.7 Å². The van der Waals surface area contributed by atoms with E-state index in [1.165, 1.54) is 30.3 Å². The van der Waals surface area contributed by atoms with Gasteiger partial charge in [-0.05, 0) is 31.2 Å². The van der Waals surface area contributed by atoms with Crippen molar-refractivity contribution in [2.75, 3.05) is 10.1 Å². The highest BCUT2D eigenvalue weighted by atomic mass is 32.2. The summed E-state index contributed by atoms with van der Waals surface area (Å²) in [6, 6.07) is 8.68. The van der Waals surface area contributed by atoms with Gasteiger partial charge in [-0.2, -0.15) is 10.4 Å². The molecular weight excluding hydrogens is 334 g/mol. The van der Waals surface area contributed by atoms with E-state index in [-0.39, 0.29) is 16.4 Å². The summed E-state index contributed by atoms with van der Waals surface area (Å²) >= 11 is 0. The Kier molecular flexibility index (Phi) is 4.81. The standard InChI is InChI=1S/C13H13N7O3S/c1-8-6-12(19-23-8)20-24(21,22)10-4-2-9(3-5-10)17-18-11(7-14)13(15)16/h2-6,17H,1H3,(H3,15,16)(H,19,20)/b18-11+. The summed E-state index contributed by atoms with van der Waals surface area (Å²) in [5.41, 5.74) is 7.80. The zero-order valence-electron chi connectivity index (χ0n) is 12.4. The van der Waals surface area contributed by atoms with Gasteiger partial charge in [0.1, 0.15) is 11.8 Å². The molecule has 5 N–H and O–H groups in total. The molecule has 2 rings (SSSR count). The molecule has 0 bridgehead atoms. The van der Waals surface area contributed by atoms with Crippen LogP contribution in [-0.4, -0.2) is 25.1 Å². The van der Waals surface area contributed by atoms with Crippen molar-refractivity contribution in [3.8, 4) is 6.07 Å². The Balaban J connectivity index is 2.14. The summed E-state index contributed by atoms with van der Waals surface area (Å²) in [7, 11) is -3.81. The van der Waals surface area contributed by atoms with Crippen LogP contribution in [0.2, 0.25) is 0 Å². The average molecular weight is 347 g/mol. The third kappa shape index (κ3) is 4.08. The summed E-state index contributed by atoms with van der Waals surface area (Å²) in [6.07, 6.45) is 0. The molecule has 1 aromatic carbocycles. The number of nitrogens with two attached hydrogens (primary N) is 1. The first-order valence-corrected chi connectivity index (χ1v) is 7.94. The molecule has 0 aliphatic rings. The van der Waals surface area contributed by atoms with Crippen LogP contribution in [-0.2, 0) is 10.0 Å². The van der Waals surface area contributed by atoms with E-state index in [1.807, 2.05) is 0 Å². The van der Waals surface area contributed by atoms with Crippen LogP contribution < -0.4 is 15.9 Å². The fourth-order valence-electron chi connectivity index (χ4n) is 1.59. The lowest BCUT2D eigenvalue weighted by atomic mass is 10.3. The Labute approximate surface area is 137 Å². The second-order valence-electron chi connectivity index (χ2n) is 4.55. The molecule has 11 heteroatoms. The van der Waals surface area contributed by atoms with E-state index in [4.69, 9.17) is 20.9 Å². The van der Waals surface area contributed by atoms with Crippen molar-refractivity contribution in [1.82, 2.24) is 5.16 Å². The molecule has 10 nitrogen and oxygen atoms in total. The maximum atomic E-state index is 12.2. The maximum absolute atomic E-state index is 12.2. The molecule has 0 aliphatic carbocycles. The second kappa shape index (κ2) is 6.80. The van der Waals surface area contributed by atoms with E-state index in [0.717, 1.165) is 0 Å². The molecule has 1 heterocycles. The fourth-order valence-corrected chi connectivity index (χ4v) is 2.57. The molecule has 0 spiro atoms. The van der Waals surface area contributed by atoms with Crippen LogP contribution in [0.3, 0.4) is 0 Å². The maximum Gasteiger partial charge on any atom is 0.263 e. The van der Waals surface area contributed by atoms with Crippen LogP contribution in [0.4, 0.5) is 11.5 Å². The highest BCUT2D eigenvalue weighted by Gasteiger charge is 2.16. The summed E-state index contributed by atoms with van der Waals surface area (Å²) in [4.78, 5) is 0.00440. The van der Waals surface area contributed by atoms with Crippen molar-refractivity contribution in [2.45, 2.75) is 11.8 Å². The van der Waals surface area contributed by atoms with Gasteiger partial charge in [0, 0.05) is 6.07 Å². The highest BCUT2D eigenvalue weighted by molar-refractivity contribution is 7.92. The number of aryl methyl sites for hydroxylation is 1. The van der Waals surface area contributed by atoms with Crippen molar-refractivity contribution in [2.24, 2.45) is 10.8 Å². The van der Waals surface area contributed by atoms with E-state index in [1.54, 1.807) is 13.0 Å². The lowest BCUT2D eigenvalue weighted by molar-refractivity contribution is 0.400. The first-order valence-electron chi connectivity index (χ1n) is 6.46. The minimum atomic E-state index is -3.81. The number of hydrogen-bond donors (Lipinski definition) is 4. The first-order chi connectivity index (χ1) is 11.3. The van der Waals surface area contributed by atoms with Crippen molar-refractivity contribution in [3.05, 3.63) is 36.1 Å². The van der Waals surface area contributed by atoms with E-state index >= 15 is 0 Å². The molecule has 1 aromatic heterocycles. The normalized spacial score (nSPS) is 11.6. The van der Waals surface area contributed by atoms with Gasteiger partial charge in [0.2, 0.25) is 5.71 Å². The van der Waals surface area contributed by atoms with Crippen molar-refractivity contribution in [1.29, 1.82) is 10.7 Å². The van der Waals surface area contributed by atoms with Crippen molar-refractivity contribution >= 4 is 33.1 Å². The molecule has 24 heavy (non-hydrogen) atoms. The van der Waals surface area contributed by atoms with Gasteiger partial charge in [-0.15, -0.1) is 0 Å². The van der Waals surface area contributed by atoms with E-state index in [9.17, 15) is 8.42 Å². The molecule has 2 aromatic rings. The fraction of sp³-hybridized carbons (Fsp3) is 0.0769. The molecule has 0 unspecified atom stereocenters. The van der Waals surface area contributed by atoms with Gasteiger partial charge >= 0.3 is 0 Å². The van der Waals surface area contributed by atoms with Gasteiger partial charge in [-0.3, -0.25) is 15.6 Å². The number of benzene rings is 1. The number of hydrogen-bond acceptors (Lipinski definition) is 8. The van der Waals surface area contributed by atoms with Gasteiger partial charge < -0.3 is 10.3 Å². The Hall–Kier alpha value is -3.39. The quantitative estimate of drug-likeness (QED) is 0.343. The van der Waals surface area contributed by atoms with Gasteiger partial charge in [0.05, 0.1) is 10.6 Å². The largest absolute Gasteiger partial charge is 0.382 e. The Morgan fingerprint density at radius 3 is 2.58 bits per heavy atom. The van der Waals surface area contributed by atoms with Crippen LogP contribution in [0.1, 0.15) is 5.76 Å². The van der Waals surface area contributed by atoms with Crippen LogP contribution in [0.25, 0.3) is 0 Å². The minimum absolute atomic E-state index is 0.00440. The number of aromatic nitrogens is 1. The van der Waals surface area contributed by atoms with Crippen molar-refractivity contribution < 1.29 is 12.9 Å². The third-order valence-electron chi connectivity index (χ3n) is 2.69. The van der Waals surface area contributed by atoms with Gasteiger partial charge in [0.15, 0.2) is 11.7 Å². The molecule has 0 saturated carbocycles. The molecule has 0 fully saturated rings. The monoisotopic (exact) mass is 347 g/mol. The molecule has 0 amide bonds. The average Bonchev–Trinajstić information content (AvgIpc) is 2.92. The first kappa shape index (κ1) is 17.0. The van der Waals surface area contributed by atoms with E-state index < -0.39 is 15.9 Å². The van der Waals surface area contributed by atoms with Gasteiger partial charge in [-0.25, -0.2) is 8.42 Å². The summed E-state index contributed by atoms with van der Waals surface area (Å²) < 4.78 is 31.5. The van der Waals surface area contributed by atoms with Gasteiger partial charge in [-0.1, -0.05) is 5.16 Å². The number of anilines is 2. The van der Waals surface area contributed by atoms with Crippen molar-refractivity contribution in [3.63, 3.8) is 0 Å². The molecule has 0 aliphatic heterocycles. The third-order valence-corrected chi connectivity index (χ3v) is 4.06. The van der Waals surface area contributed by atoms with Gasteiger partial charge in [0.25, 0.3) is 10.0 Å². The molecule has 0 saturated heterocycles. The van der Waals surface area contributed by atoms with Crippen LogP contribution in [0.15, 0.2) is 44.9 Å². The zero-order valence-corrected chi connectivity index (χ0v) is 13.3. The number of amidine groups is 1.